The molecule has 1 aromatic rings. The van der Waals surface area contributed by atoms with E-state index in [1.165, 1.54) is 0 Å². The Labute approximate surface area is 60.8 Å². The van der Waals surface area contributed by atoms with Gasteiger partial charge in [-0.2, -0.15) is 24.3 Å². The van der Waals surface area contributed by atoms with Crippen LogP contribution in [0.25, 0.3) is 0 Å². The number of anilines is 1. The maximum Gasteiger partial charge on any atom is 0 e. The van der Waals surface area contributed by atoms with E-state index < -0.39 is 0 Å². The van der Waals surface area contributed by atoms with Crippen LogP contribution in [0.15, 0.2) is 24.3 Å². The van der Waals surface area contributed by atoms with Gasteiger partial charge in [-0.15, -0.1) is 6.07 Å². The second-order valence-corrected chi connectivity index (χ2v) is 1.32. The second kappa shape index (κ2) is 3.59. The molecule has 0 aliphatic rings. The summed E-state index contributed by atoms with van der Waals surface area (Å²) in [5.41, 5.74) is 6.00. The Morgan fingerprint density at radius 1 is 1.38 bits per heavy atom. The van der Waals surface area contributed by atoms with Crippen LogP contribution in [0.5, 0.6) is 0 Å². The van der Waals surface area contributed by atoms with Crippen LogP contribution in [0.3, 0.4) is 0 Å². The summed E-state index contributed by atoms with van der Waals surface area (Å²) in [7, 11) is 0. The van der Waals surface area contributed by atoms with E-state index in [1.54, 1.807) is 12.1 Å². The van der Waals surface area contributed by atoms with Crippen LogP contribution in [0, 0.1) is 6.07 Å². The average molecular weight is 143 g/mol. The number of rotatable bonds is 0. The number of para-hydroxylation sites is 1. The molecule has 0 saturated heterocycles. The fraction of sp³-hybridized carbons (Fsp3) is 0. The first-order chi connectivity index (χ1) is 3.39. The molecule has 1 rings (SSSR count). The van der Waals surface area contributed by atoms with Crippen LogP contribution in [0.4, 0.5) is 5.69 Å². The van der Waals surface area contributed by atoms with Gasteiger partial charge < -0.3 is 5.73 Å². The molecule has 1 nitrogen and oxygen atoms in total. The Hall–Kier alpha value is -0.396. The molecule has 0 amide bonds. The summed E-state index contributed by atoms with van der Waals surface area (Å²) in [6.45, 7) is 0. The molecule has 41 valence electrons. The maximum absolute atomic E-state index is 5.30. The van der Waals surface area contributed by atoms with E-state index in [0.717, 1.165) is 0 Å². The monoisotopic (exact) mass is 143 g/mol. The van der Waals surface area contributed by atoms with Crippen LogP contribution in [0.2, 0.25) is 0 Å². The van der Waals surface area contributed by atoms with Gasteiger partial charge in [-0.05, 0) is 0 Å². The third-order valence-corrected chi connectivity index (χ3v) is 0.733. The van der Waals surface area contributed by atoms with E-state index in [0.29, 0.717) is 5.69 Å². The molecular weight excluding hydrogens is 137 g/mol. The molecule has 0 spiro atoms. The summed E-state index contributed by atoms with van der Waals surface area (Å²) < 4.78 is 0. The standard InChI is InChI=1S/C6H6N.V/c7-6-4-2-1-3-5-6;/h1-4H,7H2;/q-1;. The van der Waals surface area contributed by atoms with Crippen LogP contribution >= 0.6 is 0 Å². The van der Waals surface area contributed by atoms with E-state index in [1.807, 2.05) is 12.1 Å². The number of hydrogen-bond acceptors (Lipinski definition) is 1. The summed E-state index contributed by atoms with van der Waals surface area (Å²) in [6, 6.07) is 10.2. The van der Waals surface area contributed by atoms with Gasteiger partial charge in [0.1, 0.15) is 0 Å². The summed E-state index contributed by atoms with van der Waals surface area (Å²) in [5.74, 6) is 0. The minimum absolute atomic E-state index is 0. The van der Waals surface area contributed by atoms with Crippen molar-refractivity contribution in [3.63, 3.8) is 0 Å². The molecule has 0 fully saturated rings. The molecule has 0 heterocycles. The van der Waals surface area contributed by atoms with Gasteiger partial charge in [-0.1, -0.05) is 5.69 Å². The summed E-state index contributed by atoms with van der Waals surface area (Å²) in [5, 5.41) is 0. The zero-order chi connectivity index (χ0) is 5.11. The summed E-state index contributed by atoms with van der Waals surface area (Å²) >= 11 is 0. The van der Waals surface area contributed by atoms with E-state index in [9.17, 15) is 0 Å². The zero-order valence-electron chi connectivity index (χ0n) is 4.33. The molecule has 2 heteroatoms. The summed E-state index contributed by atoms with van der Waals surface area (Å²) in [6.07, 6.45) is 0. The third-order valence-electron chi connectivity index (χ3n) is 0.733. The molecule has 0 atom stereocenters. The van der Waals surface area contributed by atoms with Crippen molar-refractivity contribution < 1.29 is 18.6 Å². The van der Waals surface area contributed by atoms with Crippen molar-refractivity contribution >= 4 is 5.69 Å². The fourth-order valence-corrected chi connectivity index (χ4v) is 0.407. The van der Waals surface area contributed by atoms with Gasteiger partial charge in [-0.3, -0.25) is 0 Å². The molecule has 2 N–H and O–H groups in total. The largest absolute Gasteiger partial charge is 0.420 e. The van der Waals surface area contributed by atoms with Crippen LogP contribution in [-0.4, -0.2) is 0 Å². The number of nitrogens with two attached hydrogens (primary N) is 1. The molecule has 0 bridgehead atoms. The molecule has 1 aromatic carbocycles. The molecule has 8 heavy (non-hydrogen) atoms. The molecule has 0 aliphatic heterocycles. The first kappa shape index (κ1) is 7.60. The Kier molecular flexibility index (Phi) is 3.41. The van der Waals surface area contributed by atoms with E-state index in [-0.39, 0.29) is 18.6 Å². The minimum atomic E-state index is 0. The average Bonchev–Trinajstić information content (AvgIpc) is 1.69. The van der Waals surface area contributed by atoms with Crippen molar-refractivity contribution in [3.8, 4) is 0 Å². The van der Waals surface area contributed by atoms with Crippen molar-refractivity contribution in [3.05, 3.63) is 30.3 Å². The topological polar surface area (TPSA) is 26.0 Å². The fourth-order valence-electron chi connectivity index (χ4n) is 0.407. The maximum atomic E-state index is 5.30. The van der Waals surface area contributed by atoms with Gasteiger partial charge >= 0.3 is 0 Å². The van der Waals surface area contributed by atoms with Crippen LogP contribution < -0.4 is 5.73 Å². The smallest absolute Gasteiger partial charge is 0 e. The Balaban J connectivity index is 0.000000490. The first-order valence-electron chi connectivity index (χ1n) is 2.12. The Bertz CT molecular complexity index is 138. The van der Waals surface area contributed by atoms with Crippen molar-refractivity contribution in [2.45, 2.75) is 0 Å². The summed E-state index contributed by atoms with van der Waals surface area (Å²) in [4.78, 5) is 0. The Morgan fingerprint density at radius 3 is 2.38 bits per heavy atom. The quantitative estimate of drug-likeness (QED) is 0.426. The predicted molar refractivity (Wildman–Crippen MR) is 29.7 cm³/mol. The van der Waals surface area contributed by atoms with Gasteiger partial charge in [0.2, 0.25) is 0 Å². The van der Waals surface area contributed by atoms with Crippen molar-refractivity contribution in [1.29, 1.82) is 0 Å². The molecule has 0 aliphatic carbocycles. The molecule has 0 aromatic heterocycles. The molecular formula is C6H6NV-. The number of nitrogen functional groups attached to an aromatic ring is 1. The van der Waals surface area contributed by atoms with Crippen LogP contribution in [-0.2, 0) is 18.6 Å². The van der Waals surface area contributed by atoms with Crippen LogP contribution in [0.1, 0.15) is 0 Å². The van der Waals surface area contributed by atoms with Crippen molar-refractivity contribution in [1.82, 2.24) is 0 Å². The van der Waals surface area contributed by atoms with Gasteiger partial charge in [0, 0.05) is 18.6 Å². The van der Waals surface area contributed by atoms with Crippen molar-refractivity contribution in [2.75, 3.05) is 5.73 Å². The third kappa shape index (κ3) is 2.05. The molecule has 0 saturated carbocycles. The first-order valence-corrected chi connectivity index (χ1v) is 2.12. The van der Waals surface area contributed by atoms with E-state index in [4.69, 9.17) is 5.73 Å². The van der Waals surface area contributed by atoms with E-state index in [2.05, 4.69) is 6.07 Å². The zero-order valence-corrected chi connectivity index (χ0v) is 5.73. The van der Waals surface area contributed by atoms with Gasteiger partial charge in [0.05, 0.1) is 0 Å². The minimum Gasteiger partial charge on any atom is -0.420 e. The molecule has 0 unspecified atom stereocenters. The number of hydrogen-bond donors (Lipinski definition) is 1. The normalized spacial score (nSPS) is 7.50. The second-order valence-electron chi connectivity index (χ2n) is 1.32. The van der Waals surface area contributed by atoms with Gasteiger partial charge in [0.25, 0.3) is 0 Å². The SMILES string of the molecule is Nc1[c-]cccc1.[V]. The Morgan fingerprint density at radius 2 is 2.12 bits per heavy atom. The number of benzene rings is 1. The predicted octanol–water partition coefficient (Wildman–Crippen LogP) is 1.07. The van der Waals surface area contributed by atoms with Gasteiger partial charge in [0.15, 0.2) is 0 Å². The molecule has 1 radical (unpaired) electrons. The van der Waals surface area contributed by atoms with Gasteiger partial charge in [-0.25, -0.2) is 0 Å². The van der Waals surface area contributed by atoms with Crippen molar-refractivity contribution in [2.24, 2.45) is 0 Å². The van der Waals surface area contributed by atoms with E-state index >= 15 is 0 Å².